The molecule has 0 saturated carbocycles. The number of rotatable bonds is 3. The minimum Gasteiger partial charge on any atom is -0.338 e. The molecule has 0 atom stereocenters. The van der Waals surface area contributed by atoms with Crippen molar-refractivity contribution in [2.45, 2.75) is 20.8 Å². The molecule has 4 nitrogen and oxygen atoms in total. The molecule has 0 aliphatic heterocycles. The number of carbonyl (C=O) groups is 2. The quantitative estimate of drug-likeness (QED) is 0.768. The van der Waals surface area contributed by atoms with Gasteiger partial charge in [-0.1, -0.05) is 6.07 Å². The monoisotopic (exact) mass is 220 g/mol. The first-order valence-electron chi connectivity index (χ1n) is 5.21. The number of amides is 2. The highest BCUT2D eigenvalue weighted by Gasteiger charge is 2.06. The second-order valence-electron chi connectivity index (χ2n) is 3.57. The van der Waals surface area contributed by atoms with Gasteiger partial charge in [0.05, 0.1) is 0 Å². The van der Waals surface area contributed by atoms with Crippen molar-refractivity contribution in [1.29, 1.82) is 0 Å². The third-order valence-corrected chi connectivity index (χ3v) is 2.21. The minimum absolute atomic E-state index is 0.00273. The van der Waals surface area contributed by atoms with Crippen LogP contribution in [0.2, 0.25) is 0 Å². The third kappa shape index (κ3) is 3.08. The number of nitrogens with one attached hydrogen (secondary N) is 2. The second-order valence-corrected chi connectivity index (χ2v) is 3.57. The van der Waals surface area contributed by atoms with Crippen LogP contribution in [0.4, 0.5) is 10.5 Å². The largest absolute Gasteiger partial charge is 0.338 e. The Kier molecular flexibility index (Phi) is 4.05. The highest BCUT2D eigenvalue weighted by atomic mass is 16.2. The molecule has 1 aromatic rings. The first kappa shape index (κ1) is 12.2. The van der Waals surface area contributed by atoms with E-state index in [0.29, 0.717) is 17.8 Å². The van der Waals surface area contributed by atoms with Gasteiger partial charge in [0.1, 0.15) is 0 Å². The van der Waals surface area contributed by atoms with Gasteiger partial charge in [0.25, 0.3) is 0 Å². The average Bonchev–Trinajstić information content (AvgIpc) is 2.21. The Morgan fingerprint density at radius 3 is 2.56 bits per heavy atom. The van der Waals surface area contributed by atoms with Crippen LogP contribution in [-0.4, -0.2) is 18.4 Å². The summed E-state index contributed by atoms with van der Waals surface area (Å²) >= 11 is 0. The molecule has 0 aliphatic rings. The van der Waals surface area contributed by atoms with Crippen LogP contribution in [0.25, 0.3) is 0 Å². The van der Waals surface area contributed by atoms with E-state index in [9.17, 15) is 9.59 Å². The van der Waals surface area contributed by atoms with Gasteiger partial charge in [-0.25, -0.2) is 4.79 Å². The van der Waals surface area contributed by atoms with E-state index in [1.165, 1.54) is 6.92 Å². The third-order valence-electron chi connectivity index (χ3n) is 2.21. The van der Waals surface area contributed by atoms with E-state index in [-0.39, 0.29) is 11.8 Å². The van der Waals surface area contributed by atoms with Crippen LogP contribution in [0.5, 0.6) is 0 Å². The molecule has 0 aromatic heterocycles. The Morgan fingerprint density at radius 2 is 2.00 bits per heavy atom. The van der Waals surface area contributed by atoms with E-state index >= 15 is 0 Å². The number of hydrogen-bond donors (Lipinski definition) is 2. The molecule has 0 fully saturated rings. The number of Topliss-reactive ketones (excluding diaryl/α,β-unsaturated/α-hetero) is 1. The molecule has 0 spiro atoms. The number of urea groups is 1. The van der Waals surface area contributed by atoms with Crippen LogP contribution >= 0.6 is 0 Å². The predicted octanol–water partition coefficient (Wildman–Crippen LogP) is 2.34. The predicted molar refractivity (Wildman–Crippen MR) is 63.9 cm³/mol. The molecule has 0 radical (unpaired) electrons. The summed E-state index contributed by atoms with van der Waals surface area (Å²) in [6.45, 7) is 5.79. The molecule has 4 heteroatoms. The zero-order chi connectivity index (χ0) is 12.1. The van der Waals surface area contributed by atoms with Crippen molar-refractivity contribution in [3.63, 3.8) is 0 Å². The average molecular weight is 220 g/mol. The second kappa shape index (κ2) is 5.30. The molecule has 0 unspecified atom stereocenters. The van der Waals surface area contributed by atoms with Crippen molar-refractivity contribution in [2.24, 2.45) is 0 Å². The van der Waals surface area contributed by atoms with Crippen LogP contribution < -0.4 is 10.6 Å². The molecular formula is C12H16N2O2. The fourth-order valence-electron chi connectivity index (χ4n) is 1.41. The molecule has 2 N–H and O–H groups in total. The van der Waals surface area contributed by atoms with Crippen LogP contribution in [0, 0.1) is 6.92 Å². The summed E-state index contributed by atoms with van der Waals surface area (Å²) in [6, 6.07) is 5.02. The standard InChI is InChI=1S/C12H16N2O2/c1-4-13-12(16)14-10-6-5-8(2)11(7-10)9(3)15/h5-7H,4H2,1-3H3,(H2,13,14,16). The summed E-state index contributed by atoms with van der Waals surface area (Å²) in [7, 11) is 0. The fourth-order valence-corrected chi connectivity index (χ4v) is 1.41. The summed E-state index contributed by atoms with van der Waals surface area (Å²) in [4.78, 5) is 22.6. The van der Waals surface area contributed by atoms with Crippen molar-refractivity contribution in [1.82, 2.24) is 5.32 Å². The zero-order valence-corrected chi connectivity index (χ0v) is 9.76. The summed E-state index contributed by atoms with van der Waals surface area (Å²) in [5.74, 6) is -0.00273. The smallest absolute Gasteiger partial charge is 0.319 e. The Morgan fingerprint density at radius 1 is 1.31 bits per heavy atom. The molecular weight excluding hydrogens is 204 g/mol. The van der Waals surface area contributed by atoms with E-state index in [2.05, 4.69) is 10.6 Å². The van der Waals surface area contributed by atoms with Crippen molar-refractivity contribution in [2.75, 3.05) is 11.9 Å². The molecule has 0 bridgehead atoms. The van der Waals surface area contributed by atoms with Crippen molar-refractivity contribution < 1.29 is 9.59 Å². The summed E-state index contributed by atoms with van der Waals surface area (Å²) < 4.78 is 0. The van der Waals surface area contributed by atoms with Crippen LogP contribution in [0.3, 0.4) is 0 Å². The van der Waals surface area contributed by atoms with Crippen LogP contribution in [-0.2, 0) is 0 Å². The summed E-state index contributed by atoms with van der Waals surface area (Å²) in [5, 5.41) is 5.29. The maximum atomic E-state index is 11.3. The lowest BCUT2D eigenvalue weighted by atomic mass is 10.0. The molecule has 16 heavy (non-hydrogen) atoms. The summed E-state index contributed by atoms with van der Waals surface area (Å²) in [6.07, 6.45) is 0. The molecule has 0 saturated heterocycles. The molecule has 0 aliphatic carbocycles. The van der Waals surface area contributed by atoms with Crippen molar-refractivity contribution >= 4 is 17.5 Å². The maximum absolute atomic E-state index is 11.3. The maximum Gasteiger partial charge on any atom is 0.319 e. The van der Waals surface area contributed by atoms with Gasteiger partial charge >= 0.3 is 6.03 Å². The molecule has 0 heterocycles. The van der Waals surface area contributed by atoms with Crippen LogP contribution in [0.15, 0.2) is 18.2 Å². The molecule has 2 amide bonds. The number of hydrogen-bond acceptors (Lipinski definition) is 2. The Bertz CT molecular complexity index is 413. The topological polar surface area (TPSA) is 58.2 Å². The zero-order valence-electron chi connectivity index (χ0n) is 9.76. The van der Waals surface area contributed by atoms with Gasteiger partial charge in [-0.3, -0.25) is 4.79 Å². The van der Waals surface area contributed by atoms with E-state index in [1.54, 1.807) is 12.1 Å². The first-order valence-corrected chi connectivity index (χ1v) is 5.21. The van der Waals surface area contributed by atoms with Gasteiger partial charge in [0, 0.05) is 17.8 Å². The number of benzene rings is 1. The molecule has 1 rings (SSSR count). The van der Waals surface area contributed by atoms with Gasteiger partial charge in [-0.15, -0.1) is 0 Å². The van der Waals surface area contributed by atoms with E-state index < -0.39 is 0 Å². The van der Waals surface area contributed by atoms with Crippen LogP contribution in [0.1, 0.15) is 29.8 Å². The first-order chi connectivity index (χ1) is 7.54. The highest BCUT2D eigenvalue weighted by Crippen LogP contribution is 2.15. The lowest BCUT2D eigenvalue weighted by molar-refractivity contribution is 0.101. The number of aryl methyl sites for hydroxylation is 1. The molecule has 86 valence electrons. The number of anilines is 1. The SMILES string of the molecule is CCNC(=O)Nc1ccc(C)c(C(C)=O)c1. The van der Waals surface area contributed by atoms with E-state index in [0.717, 1.165) is 5.56 Å². The van der Waals surface area contributed by atoms with Gasteiger partial charge in [-0.2, -0.15) is 0 Å². The summed E-state index contributed by atoms with van der Waals surface area (Å²) in [5.41, 5.74) is 2.17. The Labute approximate surface area is 95.0 Å². The van der Waals surface area contributed by atoms with E-state index in [4.69, 9.17) is 0 Å². The highest BCUT2D eigenvalue weighted by molar-refractivity contribution is 5.98. The fraction of sp³-hybridized carbons (Fsp3) is 0.333. The van der Waals surface area contributed by atoms with E-state index in [1.807, 2.05) is 19.9 Å². The lowest BCUT2D eigenvalue weighted by Gasteiger charge is -2.08. The molecule has 1 aromatic carbocycles. The number of ketones is 1. The van der Waals surface area contributed by atoms with Gasteiger partial charge in [0.15, 0.2) is 5.78 Å². The van der Waals surface area contributed by atoms with Gasteiger partial charge in [-0.05, 0) is 38.5 Å². The Balaban J connectivity index is 2.87. The lowest BCUT2D eigenvalue weighted by Crippen LogP contribution is -2.28. The van der Waals surface area contributed by atoms with Crippen molar-refractivity contribution in [3.05, 3.63) is 29.3 Å². The van der Waals surface area contributed by atoms with Gasteiger partial charge in [0.2, 0.25) is 0 Å². The van der Waals surface area contributed by atoms with Crippen molar-refractivity contribution in [3.8, 4) is 0 Å². The Hall–Kier alpha value is -1.84. The normalized spacial score (nSPS) is 9.69. The van der Waals surface area contributed by atoms with Gasteiger partial charge < -0.3 is 10.6 Å². The minimum atomic E-state index is -0.263. The number of carbonyl (C=O) groups excluding carboxylic acids is 2.